The maximum absolute atomic E-state index is 3.92. The van der Waals surface area contributed by atoms with Gasteiger partial charge in [0.15, 0.2) is 0 Å². The monoisotopic (exact) mass is 120 g/mol. The van der Waals surface area contributed by atoms with Crippen molar-refractivity contribution in [1.82, 2.24) is 4.98 Å². The summed E-state index contributed by atoms with van der Waals surface area (Å²) in [5.74, 6) is 0. The average Bonchev–Trinajstić information content (AvgIpc) is 1.91. The minimum atomic E-state index is 0.661. The largest absolute Gasteiger partial charge is 0.296 e. The molecule has 0 saturated carbocycles. The van der Waals surface area contributed by atoms with Crippen LogP contribution in [0.5, 0.6) is 0 Å². The van der Waals surface area contributed by atoms with Crippen molar-refractivity contribution in [3.8, 4) is 0 Å². The van der Waals surface area contributed by atoms with E-state index in [1.54, 1.807) is 12.4 Å². The molecule has 46 valence electrons. The molecule has 0 bridgehead atoms. The normalized spacial score (nSPS) is 8.89. The van der Waals surface area contributed by atoms with Gasteiger partial charge in [0, 0.05) is 12.4 Å². The SMILES string of the molecule is C=NCc1cccnc1. The Kier molecular flexibility index (Phi) is 1.96. The summed E-state index contributed by atoms with van der Waals surface area (Å²) in [7, 11) is 0. The Morgan fingerprint density at radius 2 is 2.56 bits per heavy atom. The van der Waals surface area contributed by atoms with Gasteiger partial charge in [-0.2, -0.15) is 0 Å². The van der Waals surface area contributed by atoms with Gasteiger partial charge >= 0.3 is 0 Å². The Morgan fingerprint density at radius 3 is 3.11 bits per heavy atom. The number of hydrogen-bond acceptors (Lipinski definition) is 2. The molecule has 0 amide bonds. The summed E-state index contributed by atoms with van der Waals surface area (Å²) in [6.45, 7) is 4.04. The Bertz CT molecular complexity index is 181. The summed E-state index contributed by atoms with van der Waals surface area (Å²) in [5.41, 5.74) is 1.10. The highest BCUT2D eigenvalue weighted by molar-refractivity contribution is 5.24. The van der Waals surface area contributed by atoms with E-state index in [0.29, 0.717) is 6.54 Å². The van der Waals surface area contributed by atoms with Crippen molar-refractivity contribution in [2.45, 2.75) is 6.54 Å². The lowest BCUT2D eigenvalue weighted by Gasteiger charge is -1.90. The third kappa shape index (κ3) is 1.64. The van der Waals surface area contributed by atoms with Crippen molar-refractivity contribution in [3.05, 3.63) is 30.1 Å². The Morgan fingerprint density at radius 1 is 1.67 bits per heavy atom. The molecule has 0 saturated heterocycles. The molecule has 2 nitrogen and oxygen atoms in total. The van der Waals surface area contributed by atoms with Crippen LogP contribution in [0.15, 0.2) is 29.5 Å². The molecule has 1 aromatic heterocycles. The van der Waals surface area contributed by atoms with Crippen molar-refractivity contribution >= 4 is 6.72 Å². The smallest absolute Gasteiger partial charge is 0.0647 e. The standard InChI is InChI=1S/C7H8N2/c1-8-5-7-3-2-4-9-6-7/h2-4,6H,1,5H2. The van der Waals surface area contributed by atoms with Crippen LogP contribution in [0.4, 0.5) is 0 Å². The van der Waals surface area contributed by atoms with E-state index in [4.69, 9.17) is 0 Å². The van der Waals surface area contributed by atoms with E-state index in [9.17, 15) is 0 Å². The Balaban J connectivity index is 2.72. The Labute approximate surface area is 54.3 Å². The molecule has 0 aliphatic heterocycles. The number of aromatic nitrogens is 1. The van der Waals surface area contributed by atoms with Gasteiger partial charge in [-0.1, -0.05) is 6.07 Å². The van der Waals surface area contributed by atoms with Gasteiger partial charge in [0.05, 0.1) is 6.54 Å². The average molecular weight is 120 g/mol. The number of rotatable bonds is 2. The third-order valence-electron chi connectivity index (χ3n) is 1.02. The lowest BCUT2D eigenvalue weighted by Crippen LogP contribution is -1.79. The maximum atomic E-state index is 3.92. The molecule has 9 heavy (non-hydrogen) atoms. The van der Waals surface area contributed by atoms with Gasteiger partial charge in [-0.25, -0.2) is 0 Å². The zero-order valence-corrected chi connectivity index (χ0v) is 5.12. The molecule has 0 unspecified atom stereocenters. The van der Waals surface area contributed by atoms with Gasteiger partial charge in [-0.15, -0.1) is 0 Å². The van der Waals surface area contributed by atoms with Crippen LogP contribution >= 0.6 is 0 Å². The highest BCUT2D eigenvalue weighted by atomic mass is 14.7. The van der Waals surface area contributed by atoms with Crippen LogP contribution in [0.1, 0.15) is 5.56 Å². The van der Waals surface area contributed by atoms with Gasteiger partial charge < -0.3 is 0 Å². The fourth-order valence-electron chi connectivity index (χ4n) is 0.621. The molecule has 0 N–H and O–H groups in total. The number of nitrogens with zero attached hydrogens (tertiary/aromatic N) is 2. The molecule has 1 heterocycles. The summed E-state index contributed by atoms with van der Waals surface area (Å²) in [6, 6.07) is 3.86. The minimum Gasteiger partial charge on any atom is -0.296 e. The summed E-state index contributed by atoms with van der Waals surface area (Å²) in [4.78, 5) is 7.63. The number of hydrogen-bond donors (Lipinski definition) is 0. The van der Waals surface area contributed by atoms with Crippen LogP contribution in [0, 0.1) is 0 Å². The quantitative estimate of drug-likeness (QED) is 0.540. The summed E-state index contributed by atoms with van der Waals surface area (Å²) >= 11 is 0. The van der Waals surface area contributed by atoms with Gasteiger partial charge in [0.1, 0.15) is 0 Å². The fraction of sp³-hybridized carbons (Fsp3) is 0.143. The highest BCUT2D eigenvalue weighted by Gasteiger charge is 1.83. The second-order valence-electron chi connectivity index (χ2n) is 1.74. The second-order valence-corrected chi connectivity index (χ2v) is 1.74. The Hall–Kier alpha value is -1.18. The molecule has 0 fully saturated rings. The molecule has 1 rings (SSSR count). The van der Waals surface area contributed by atoms with Crippen LogP contribution in [0.2, 0.25) is 0 Å². The zero-order valence-electron chi connectivity index (χ0n) is 5.12. The molecule has 0 aliphatic carbocycles. The van der Waals surface area contributed by atoms with E-state index >= 15 is 0 Å². The van der Waals surface area contributed by atoms with Gasteiger partial charge in [0.2, 0.25) is 0 Å². The van der Waals surface area contributed by atoms with Crippen molar-refractivity contribution in [2.24, 2.45) is 4.99 Å². The minimum absolute atomic E-state index is 0.661. The molecule has 0 aliphatic rings. The molecule has 2 heteroatoms. The van der Waals surface area contributed by atoms with Gasteiger partial charge in [-0.3, -0.25) is 9.98 Å². The van der Waals surface area contributed by atoms with Gasteiger partial charge in [-0.05, 0) is 18.3 Å². The topological polar surface area (TPSA) is 25.2 Å². The predicted octanol–water partition coefficient (Wildman–Crippen LogP) is 1.28. The van der Waals surface area contributed by atoms with Crippen molar-refractivity contribution < 1.29 is 0 Å². The first-order chi connectivity index (χ1) is 4.43. The lowest BCUT2D eigenvalue weighted by atomic mass is 10.3. The number of pyridine rings is 1. The van der Waals surface area contributed by atoms with Crippen molar-refractivity contribution in [2.75, 3.05) is 0 Å². The first kappa shape index (κ1) is 5.95. The molecule has 0 atom stereocenters. The third-order valence-corrected chi connectivity index (χ3v) is 1.02. The molecule has 0 aromatic carbocycles. The second kappa shape index (κ2) is 2.97. The van der Waals surface area contributed by atoms with Crippen LogP contribution in [-0.2, 0) is 6.54 Å². The van der Waals surface area contributed by atoms with Crippen molar-refractivity contribution in [3.63, 3.8) is 0 Å². The van der Waals surface area contributed by atoms with Crippen LogP contribution in [0.25, 0.3) is 0 Å². The summed E-state index contributed by atoms with van der Waals surface area (Å²) in [6.07, 6.45) is 3.53. The molecule has 1 aromatic rings. The van der Waals surface area contributed by atoms with Gasteiger partial charge in [0.25, 0.3) is 0 Å². The van der Waals surface area contributed by atoms with Crippen LogP contribution in [-0.4, -0.2) is 11.7 Å². The van der Waals surface area contributed by atoms with Crippen molar-refractivity contribution in [1.29, 1.82) is 0 Å². The van der Waals surface area contributed by atoms with Crippen LogP contribution in [0.3, 0.4) is 0 Å². The van der Waals surface area contributed by atoms with E-state index in [0.717, 1.165) is 5.56 Å². The van der Waals surface area contributed by atoms with E-state index in [2.05, 4.69) is 16.7 Å². The lowest BCUT2D eigenvalue weighted by molar-refractivity contribution is 1.06. The first-order valence-corrected chi connectivity index (χ1v) is 2.75. The van der Waals surface area contributed by atoms with E-state index in [-0.39, 0.29) is 0 Å². The van der Waals surface area contributed by atoms with Crippen LogP contribution < -0.4 is 0 Å². The molecular formula is C7H8N2. The number of aliphatic imine (C=N–C) groups is 1. The summed E-state index contributed by atoms with van der Waals surface area (Å²) < 4.78 is 0. The maximum Gasteiger partial charge on any atom is 0.0647 e. The molecular weight excluding hydrogens is 112 g/mol. The van der Waals surface area contributed by atoms with E-state index < -0.39 is 0 Å². The highest BCUT2D eigenvalue weighted by Crippen LogP contribution is 1.95. The predicted molar refractivity (Wildman–Crippen MR) is 37.5 cm³/mol. The molecule has 0 spiro atoms. The summed E-state index contributed by atoms with van der Waals surface area (Å²) in [5, 5.41) is 0. The first-order valence-electron chi connectivity index (χ1n) is 2.75. The molecule has 0 radical (unpaired) electrons. The fourth-order valence-corrected chi connectivity index (χ4v) is 0.621. The zero-order chi connectivity index (χ0) is 6.53. The van der Waals surface area contributed by atoms with E-state index in [1.807, 2.05) is 12.1 Å². The van der Waals surface area contributed by atoms with E-state index in [1.165, 1.54) is 0 Å².